The number of carbonyl (C=O) groups excluding carboxylic acids is 2. The minimum absolute atomic E-state index is 0.0554. The number of amides is 2. The first-order valence-corrected chi connectivity index (χ1v) is 11.3. The third-order valence-electron chi connectivity index (χ3n) is 4.31. The molecule has 0 spiro atoms. The summed E-state index contributed by atoms with van der Waals surface area (Å²) in [5, 5.41) is 14.5. The quantitative estimate of drug-likeness (QED) is 0.274. The molecule has 158 valence electrons. The molecule has 1 atom stereocenters. The fraction of sp³-hybridized carbons (Fsp3) is 0.0870. The normalized spacial score (nSPS) is 11.4. The lowest BCUT2D eigenvalue weighted by Crippen LogP contribution is -2.22. The molecule has 0 aliphatic carbocycles. The van der Waals surface area contributed by atoms with Gasteiger partial charge in [0.15, 0.2) is 0 Å². The molecule has 0 aromatic heterocycles. The molecule has 8 heteroatoms. The van der Waals surface area contributed by atoms with Crippen LogP contribution >= 0.6 is 34.4 Å². The zero-order valence-corrected chi connectivity index (χ0v) is 19.4. The molecule has 0 fully saturated rings. The van der Waals surface area contributed by atoms with Gasteiger partial charge in [-0.1, -0.05) is 12.1 Å². The second-order valence-electron chi connectivity index (χ2n) is 6.59. The Bertz CT molecular complexity index is 1100. The van der Waals surface area contributed by atoms with Crippen molar-refractivity contribution in [2.45, 2.75) is 17.1 Å². The molecule has 3 aromatic carbocycles. The topological polar surface area (TPSA) is 95.5 Å². The van der Waals surface area contributed by atoms with Crippen molar-refractivity contribution in [3.05, 3.63) is 87.5 Å². The van der Waals surface area contributed by atoms with Crippen molar-refractivity contribution in [3.8, 4) is 0 Å². The number of hydrogen-bond acceptors (Lipinski definition) is 4. The van der Waals surface area contributed by atoms with Crippen LogP contribution in [0.2, 0.25) is 0 Å². The summed E-state index contributed by atoms with van der Waals surface area (Å²) in [5.41, 5.74) is 1.32. The zero-order valence-electron chi connectivity index (χ0n) is 16.5. The van der Waals surface area contributed by atoms with E-state index in [1.165, 1.54) is 23.9 Å². The Kier molecular flexibility index (Phi) is 7.69. The fourth-order valence-corrected chi connectivity index (χ4v) is 3.94. The van der Waals surface area contributed by atoms with E-state index in [-0.39, 0.29) is 22.3 Å². The first-order valence-electron chi connectivity index (χ1n) is 9.30. The summed E-state index contributed by atoms with van der Waals surface area (Å²) >= 11 is 3.61. The number of hydrogen-bond donors (Lipinski definition) is 3. The van der Waals surface area contributed by atoms with Crippen LogP contribution in [0.5, 0.6) is 0 Å². The maximum absolute atomic E-state index is 12.5. The molecule has 3 aromatic rings. The molecule has 0 aliphatic heterocycles. The summed E-state index contributed by atoms with van der Waals surface area (Å²) in [4.78, 5) is 37.0. The summed E-state index contributed by atoms with van der Waals surface area (Å²) in [5.74, 6) is -1.76. The van der Waals surface area contributed by atoms with Gasteiger partial charge in [-0.15, -0.1) is 11.8 Å². The Morgan fingerprint density at radius 1 is 0.839 bits per heavy atom. The Morgan fingerprint density at radius 3 is 2.00 bits per heavy atom. The maximum Gasteiger partial charge on any atom is 0.336 e. The van der Waals surface area contributed by atoms with Crippen molar-refractivity contribution < 1.29 is 19.5 Å². The van der Waals surface area contributed by atoms with Gasteiger partial charge in [-0.25, -0.2) is 4.79 Å². The third kappa shape index (κ3) is 6.31. The average Bonchev–Trinajstić information content (AvgIpc) is 2.76. The molecule has 0 aliphatic rings. The van der Waals surface area contributed by atoms with Gasteiger partial charge in [-0.05, 0) is 90.2 Å². The standard InChI is InChI=1S/C23H19IN2O4S/c1-14(21(27)25-16-8-6-15(24)7-9-16)31-18-12-10-17(11-13-18)26-22(28)19-4-2-3-5-20(19)23(29)30/h2-14H,1H3,(H,25,27)(H,26,28)(H,29,30). The van der Waals surface area contributed by atoms with Crippen LogP contribution in [0.1, 0.15) is 27.6 Å². The highest BCUT2D eigenvalue weighted by atomic mass is 127. The van der Waals surface area contributed by atoms with Gasteiger partial charge in [-0.2, -0.15) is 0 Å². The Labute approximate surface area is 197 Å². The SMILES string of the molecule is CC(Sc1ccc(NC(=O)c2ccccc2C(=O)O)cc1)C(=O)Nc1ccc(I)cc1. The number of carboxylic acid groups (broad SMARTS) is 1. The molecule has 31 heavy (non-hydrogen) atoms. The Balaban J connectivity index is 1.60. The van der Waals surface area contributed by atoms with E-state index >= 15 is 0 Å². The third-order valence-corrected chi connectivity index (χ3v) is 6.14. The van der Waals surface area contributed by atoms with Crippen LogP contribution in [-0.2, 0) is 4.79 Å². The van der Waals surface area contributed by atoms with E-state index in [4.69, 9.17) is 0 Å². The van der Waals surface area contributed by atoms with E-state index in [9.17, 15) is 19.5 Å². The van der Waals surface area contributed by atoms with Gasteiger partial charge in [-0.3, -0.25) is 9.59 Å². The molecule has 6 nitrogen and oxygen atoms in total. The number of aromatic carboxylic acids is 1. The molecule has 0 saturated heterocycles. The lowest BCUT2D eigenvalue weighted by atomic mass is 10.1. The lowest BCUT2D eigenvalue weighted by molar-refractivity contribution is -0.115. The van der Waals surface area contributed by atoms with Crippen LogP contribution in [0.4, 0.5) is 11.4 Å². The second kappa shape index (κ2) is 10.5. The predicted octanol–water partition coefficient (Wildman–Crippen LogP) is 5.36. The van der Waals surface area contributed by atoms with Crippen LogP contribution in [0.3, 0.4) is 0 Å². The van der Waals surface area contributed by atoms with Crippen molar-refractivity contribution >= 4 is 63.5 Å². The highest BCUT2D eigenvalue weighted by molar-refractivity contribution is 14.1. The lowest BCUT2D eigenvalue weighted by Gasteiger charge is -2.13. The highest BCUT2D eigenvalue weighted by Gasteiger charge is 2.17. The molecule has 0 bridgehead atoms. The smallest absolute Gasteiger partial charge is 0.336 e. The second-order valence-corrected chi connectivity index (χ2v) is 9.25. The summed E-state index contributed by atoms with van der Waals surface area (Å²) in [6, 6.07) is 20.7. The number of thioether (sulfide) groups is 1. The van der Waals surface area contributed by atoms with E-state index in [2.05, 4.69) is 33.2 Å². The van der Waals surface area contributed by atoms with Gasteiger partial charge < -0.3 is 15.7 Å². The zero-order chi connectivity index (χ0) is 22.4. The van der Waals surface area contributed by atoms with Crippen LogP contribution in [0, 0.1) is 3.57 Å². The number of anilines is 2. The number of carbonyl (C=O) groups is 3. The molecular formula is C23H19IN2O4S. The van der Waals surface area contributed by atoms with Crippen molar-refractivity contribution in [1.29, 1.82) is 0 Å². The van der Waals surface area contributed by atoms with E-state index in [0.717, 1.165) is 14.2 Å². The molecule has 0 radical (unpaired) electrons. The highest BCUT2D eigenvalue weighted by Crippen LogP contribution is 2.26. The maximum atomic E-state index is 12.5. The first-order chi connectivity index (χ1) is 14.8. The monoisotopic (exact) mass is 546 g/mol. The first kappa shape index (κ1) is 22.8. The molecule has 3 rings (SSSR count). The van der Waals surface area contributed by atoms with Crippen molar-refractivity contribution in [2.75, 3.05) is 10.6 Å². The Morgan fingerprint density at radius 2 is 1.39 bits per heavy atom. The minimum atomic E-state index is -1.16. The van der Waals surface area contributed by atoms with Crippen LogP contribution in [0.25, 0.3) is 0 Å². The number of carboxylic acids is 1. The molecule has 0 heterocycles. The van der Waals surface area contributed by atoms with Crippen LogP contribution in [0.15, 0.2) is 77.7 Å². The van der Waals surface area contributed by atoms with Gasteiger partial charge in [0, 0.05) is 19.8 Å². The molecule has 3 N–H and O–H groups in total. The molecule has 2 amide bonds. The van der Waals surface area contributed by atoms with Crippen molar-refractivity contribution in [3.63, 3.8) is 0 Å². The largest absolute Gasteiger partial charge is 0.478 e. The fourth-order valence-electron chi connectivity index (χ4n) is 2.72. The Hall–Kier alpha value is -2.85. The summed E-state index contributed by atoms with van der Waals surface area (Å²) < 4.78 is 1.09. The summed E-state index contributed by atoms with van der Waals surface area (Å²) in [6.45, 7) is 1.82. The van der Waals surface area contributed by atoms with Crippen LogP contribution < -0.4 is 10.6 Å². The summed E-state index contributed by atoms with van der Waals surface area (Å²) in [6.07, 6.45) is 0. The van der Waals surface area contributed by atoms with E-state index in [1.807, 2.05) is 31.2 Å². The molecule has 0 saturated carbocycles. The molecule has 1 unspecified atom stereocenters. The van der Waals surface area contributed by atoms with E-state index in [1.54, 1.807) is 36.4 Å². The number of benzene rings is 3. The molecular weight excluding hydrogens is 527 g/mol. The van der Waals surface area contributed by atoms with Crippen molar-refractivity contribution in [2.24, 2.45) is 0 Å². The van der Waals surface area contributed by atoms with E-state index < -0.39 is 11.9 Å². The van der Waals surface area contributed by atoms with Gasteiger partial charge in [0.05, 0.1) is 16.4 Å². The minimum Gasteiger partial charge on any atom is -0.478 e. The summed E-state index contributed by atoms with van der Waals surface area (Å²) in [7, 11) is 0. The number of rotatable bonds is 7. The number of halogens is 1. The number of nitrogens with one attached hydrogen (secondary N) is 2. The van der Waals surface area contributed by atoms with Gasteiger partial charge >= 0.3 is 5.97 Å². The average molecular weight is 546 g/mol. The van der Waals surface area contributed by atoms with E-state index in [0.29, 0.717) is 5.69 Å². The van der Waals surface area contributed by atoms with Gasteiger partial charge in [0.2, 0.25) is 5.91 Å². The predicted molar refractivity (Wildman–Crippen MR) is 131 cm³/mol. The van der Waals surface area contributed by atoms with Gasteiger partial charge in [0.1, 0.15) is 0 Å². The van der Waals surface area contributed by atoms with Gasteiger partial charge in [0.25, 0.3) is 5.91 Å². The van der Waals surface area contributed by atoms with Crippen molar-refractivity contribution in [1.82, 2.24) is 0 Å². The van der Waals surface area contributed by atoms with Crippen LogP contribution in [-0.4, -0.2) is 28.1 Å².